The molecular formula is C29H31F3N4O4. The third kappa shape index (κ3) is 8.05. The zero-order chi connectivity index (χ0) is 29.8. The molecular weight excluding hydrogens is 525 g/mol. The van der Waals surface area contributed by atoms with E-state index in [0.29, 0.717) is 17.3 Å². The molecule has 11 heteroatoms. The van der Waals surface area contributed by atoms with Gasteiger partial charge in [0.05, 0.1) is 34.7 Å². The number of anilines is 3. The summed E-state index contributed by atoms with van der Waals surface area (Å²) in [5.41, 5.74) is -0.256. The molecule has 0 radical (unpaired) electrons. The van der Waals surface area contributed by atoms with Gasteiger partial charge in [-0.15, -0.1) is 0 Å². The number of aryl methyl sites for hydroxylation is 1. The van der Waals surface area contributed by atoms with Crippen LogP contribution >= 0.6 is 0 Å². The number of ketones is 1. The van der Waals surface area contributed by atoms with E-state index >= 15 is 0 Å². The molecule has 0 atom stereocenters. The van der Waals surface area contributed by atoms with Crippen LogP contribution in [0.1, 0.15) is 48.8 Å². The Labute approximate surface area is 230 Å². The molecule has 0 fully saturated rings. The fourth-order valence-corrected chi connectivity index (χ4v) is 3.80. The number of hydrogen-bond donors (Lipinski definition) is 2. The van der Waals surface area contributed by atoms with Gasteiger partial charge in [0, 0.05) is 30.9 Å². The van der Waals surface area contributed by atoms with Crippen LogP contribution in [0.4, 0.5) is 35.0 Å². The van der Waals surface area contributed by atoms with Gasteiger partial charge in [0.2, 0.25) is 5.91 Å². The zero-order valence-corrected chi connectivity index (χ0v) is 23.1. The van der Waals surface area contributed by atoms with Gasteiger partial charge in [-0.2, -0.15) is 13.2 Å². The standard InChI is InChI=1S/C29H31F3N4O4/c1-17-9-7-12-21(33-17)18-10-8-11-19(13-18)25(37)16-26(38)34-22-14-20(29(30,31)32)24(36(5)6)15-23(22)35-27(39)40-28(2,3)4/h7-15H,16H2,1-6H3,(H,34,38)(H,35,39). The van der Waals surface area contributed by atoms with E-state index in [1.165, 1.54) is 25.1 Å². The molecule has 2 N–H and O–H groups in total. The molecule has 0 saturated carbocycles. The van der Waals surface area contributed by atoms with E-state index in [1.807, 2.05) is 19.1 Å². The maximum absolute atomic E-state index is 13.9. The summed E-state index contributed by atoms with van der Waals surface area (Å²) < 4.78 is 46.8. The molecule has 1 heterocycles. The number of pyridine rings is 1. The Kier molecular flexibility index (Phi) is 8.87. The predicted octanol–water partition coefficient (Wildman–Crippen LogP) is 6.70. The number of aromatic nitrogens is 1. The number of hydrogen-bond acceptors (Lipinski definition) is 6. The number of nitrogens with zero attached hydrogens (tertiary/aromatic N) is 2. The maximum Gasteiger partial charge on any atom is 0.418 e. The highest BCUT2D eigenvalue weighted by Crippen LogP contribution is 2.41. The zero-order valence-electron chi connectivity index (χ0n) is 23.1. The van der Waals surface area contributed by atoms with Crippen LogP contribution in [0.25, 0.3) is 11.3 Å². The lowest BCUT2D eigenvalue weighted by Crippen LogP contribution is -2.28. The number of nitrogens with one attached hydrogen (secondary N) is 2. The molecule has 212 valence electrons. The maximum atomic E-state index is 13.9. The molecule has 0 aliphatic heterocycles. The number of Topliss-reactive ketones (excluding diaryl/α,β-unsaturated/α-hetero) is 1. The molecule has 3 rings (SSSR count). The van der Waals surface area contributed by atoms with E-state index in [-0.39, 0.29) is 22.6 Å². The largest absolute Gasteiger partial charge is 0.444 e. The normalized spacial score (nSPS) is 11.5. The number of amides is 2. The Balaban J connectivity index is 1.89. The molecule has 1 aromatic heterocycles. The summed E-state index contributed by atoms with van der Waals surface area (Å²) in [4.78, 5) is 43.9. The lowest BCUT2D eigenvalue weighted by molar-refractivity contribution is -0.137. The minimum Gasteiger partial charge on any atom is -0.444 e. The SMILES string of the molecule is Cc1cccc(-c2cccc(C(=O)CC(=O)Nc3cc(C(F)(F)F)c(N(C)C)cc3NC(=O)OC(C)(C)C)c2)n1. The average molecular weight is 557 g/mol. The molecule has 2 amide bonds. The molecule has 0 saturated heterocycles. The number of rotatable bonds is 7. The fourth-order valence-electron chi connectivity index (χ4n) is 3.80. The molecule has 0 spiro atoms. The summed E-state index contributed by atoms with van der Waals surface area (Å²) in [5.74, 6) is -1.41. The van der Waals surface area contributed by atoms with Gasteiger partial charge >= 0.3 is 12.3 Å². The van der Waals surface area contributed by atoms with Crippen LogP contribution in [0, 0.1) is 6.92 Å². The third-order valence-corrected chi connectivity index (χ3v) is 5.52. The van der Waals surface area contributed by atoms with Crippen molar-refractivity contribution >= 4 is 34.8 Å². The Bertz CT molecular complexity index is 1430. The van der Waals surface area contributed by atoms with E-state index in [2.05, 4.69) is 15.6 Å². The Morgan fingerprint density at radius 1 is 0.925 bits per heavy atom. The second-order valence-corrected chi connectivity index (χ2v) is 10.3. The van der Waals surface area contributed by atoms with Crippen molar-refractivity contribution in [3.05, 3.63) is 71.4 Å². The predicted molar refractivity (Wildman–Crippen MR) is 148 cm³/mol. The highest BCUT2D eigenvalue weighted by Gasteiger charge is 2.36. The number of carbonyl (C=O) groups excluding carboxylic acids is 3. The second kappa shape index (κ2) is 11.8. The minimum atomic E-state index is -4.76. The van der Waals surface area contributed by atoms with Crippen molar-refractivity contribution in [1.29, 1.82) is 0 Å². The first kappa shape index (κ1) is 30.1. The molecule has 3 aromatic rings. The van der Waals surface area contributed by atoms with Gasteiger partial charge in [0.25, 0.3) is 0 Å². The first-order chi connectivity index (χ1) is 18.5. The highest BCUT2D eigenvalue weighted by molar-refractivity contribution is 6.12. The van der Waals surface area contributed by atoms with Crippen LogP contribution in [-0.2, 0) is 15.7 Å². The van der Waals surface area contributed by atoms with E-state index in [9.17, 15) is 27.6 Å². The lowest BCUT2D eigenvalue weighted by Gasteiger charge is -2.24. The smallest absolute Gasteiger partial charge is 0.418 e. The summed E-state index contributed by atoms with van der Waals surface area (Å²) in [5, 5.41) is 4.75. The van der Waals surface area contributed by atoms with Crippen molar-refractivity contribution in [2.75, 3.05) is 29.6 Å². The van der Waals surface area contributed by atoms with Gasteiger partial charge in [0.15, 0.2) is 5.78 Å². The molecule has 0 unspecified atom stereocenters. The average Bonchev–Trinajstić information content (AvgIpc) is 2.83. The van der Waals surface area contributed by atoms with Crippen LogP contribution in [0.2, 0.25) is 0 Å². The Hall–Kier alpha value is -4.41. The van der Waals surface area contributed by atoms with E-state index in [1.54, 1.807) is 45.0 Å². The van der Waals surface area contributed by atoms with Crippen molar-refractivity contribution in [1.82, 2.24) is 4.98 Å². The first-order valence-electron chi connectivity index (χ1n) is 12.3. The summed E-state index contributed by atoms with van der Waals surface area (Å²) in [6, 6.07) is 13.8. The van der Waals surface area contributed by atoms with E-state index in [4.69, 9.17) is 4.74 Å². The van der Waals surface area contributed by atoms with E-state index in [0.717, 1.165) is 11.8 Å². The van der Waals surface area contributed by atoms with Crippen molar-refractivity contribution in [2.24, 2.45) is 0 Å². The quantitative estimate of drug-likeness (QED) is 0.248. The summed E-state index contributed by atoms with van der Waals surface area (Å²) >= 11 is 0. The van der Waals surface area contributed by atoms with Gasteiger partial charge in [-0.05, 0) is 58.0 Å². The van der Waals surface area contributed by atoms with Gasteiger partial charge in [-0.3, -0.25) is 19.9 Å². The summed E-state index contributed by atoms with van der Waals surface area (Å²) in [7, 11) is 2.83. The molecule has 40 heavy (non-hydrogen) atoms. The van der Waals surface area contributed by atoms with Gasteiger partial charge < -0.3 is 15.0 Å². The van der Waals surface area contributed by atoms with E-state index < -0.39 is 41.5 Å². The number of benzene rings is 2. The Morgan fingerprint density at radius 3 is 2.17 bits per heavy atom. The van der Waals surface area contributed by atoms with Crippen molar-refractivity contribution in [3.8, 4) is 11.3 Å². The molecule has 0 aliphatic rings. The lowest BCUT2D eigenvalue weighted by atomic mass is 10.0. The molecule has 0 bridgehead atoms. The number of carbonyl (C=O) groups is 3. The topological polar surface area (TPSA) is 101 Å². The van der Waals surface area contributed by atoms with Crippen LogP contribution in [-0.4, -0.2) is 42.5 Å². The van der Waals surface area contributed by atoms with Gasteiger partial charge in [0.1, 0.15) is 5.60 Å². The molecule has 0 aliphatic carbocycles. The number of halogens is 3. The monoisotopic (exact) mass is 556 g/mol. The van der Waals surface area contributed by atoms with Crippen molar-refractivity contribution < 1.29 is 32.3 Å². The van der Waals surface area contributed by atoms with Gasteiger partial charge in [-0.1, -0.05) is 24.3 Å². The Morgan fingerprint density at radius 2 is 1.57 bits per heavy atom. The molecule has 8 nitrogen and oxygen atoms in total. The fraction of sp³-hybridized carbons (Fsp3) is 0.310. The van der Waals surface area contributed by atoms with Crippen LogP contribution in [0.15, 0.2) is 54.6 Å². The highest BCUT2D eigenvalue weighted by atomic mass is 19.4. The summed E-state index contributed by atoms with van der Waals surface area (Å²) in [6.45, 7) is 6.72. The van der Waals surface area contributed by atoms with Gasteiger partial charge in [-0.25, -0.2) is 4.79 Å². The summed E-state index contributed by atoms with van der Waals surface area (Å²) in [6.07, 6.45) is -6.33. The second-order valence-electron chi connectivity index (χ2n) is 10.3. The van der Waals surface area contributed by atoms with Crippen LogP contribution in [0.3, 0.4) is 0 Å². The van der Waals surface area contributed by atoms with Crippen LogP contribution < -0.4 is 15.5 Å². The van der Waals surface area contributed by atoms with Crippen molar-refractivity contribution in [3.63, 3.8) is 0 Å². The number of alkyl halides is 3. The van der Waals surface area contributed by atoms with Crippen LogP contribution in [0.5, 0.6) is 0 Å². The third-order valence-electron chi connectivity index (χ3n) is 5.52. The first-order valence-corrected chi connectivity index (χ1v) is 12.3. The number of ether oxygens (including phenoxy) is 1. The molecule has 2 aromatic carbocycles. The minimum absolute atomic E-state index is 0.126. The van der Waals surface area contributed by atoms with Crippen molar-refractivity contribution in [2.45, 2.75) is 45.9 Å².